The first-order valence-corrected chi connectivity index (χ1v) is 15.0. The fourth-order valence-electron chi connectivity index (χ4n) is 9.85. The number of allylic oxidation sites excluding steroid dienone is 2. The molecule has 2 heteroatoms. The molecule has 0 spiro atoms. The van der Waals surface area contributed by atoms with Crippen LogP contribution < -0.4 is 4.90 Å². The highest BCUT2D eigenvalue weighted by atomic mass is 15.2. The molecule has 2 aromatic carbocycles. The van der Waals surface area contributed by atoms with Crippen molar-refractivity contribution in [3.8, 4) is 5.69 Å². The van der Waals surface area contributed by atoms with Gasteiger partial charge in [-0.15, -0.1) is 0 Å². The molecule has 0 saturated carbocycles. The third-order valence-corrected chi connectivity index (χ3v) is 10.4. The van der Waals surface area contributed by atoms with Crippen molar-refractivity contribution in [2.24, 2.45) is 16.2 Å². The highest BCUT2D eigenvalue weighted by molar-refractivity contribution is 5.90. The summed E-state index contributed by atoms with van der Waals surface area (Å²) < 4.78 is 2.59. The van der Waals surface area contributed by atoms with Crippen LogP contribution in [0.3, 0.4) is 0 Å². The average molecular weight is 521 g/mol. The molecule has 1 aromatic heterocycles. The minimum Gasteiger partial charge on any atom is -0.341 e. The number of rotatable bonds is 3. The van der Waals surface area contributed by atoms with Crippen LogP contribution in [0.15, 0.2) is 72.0 Å². The number of hydrogen-bond acceptors (Lipinski definition) is 1. The van der Waals surface area contributed by atoms with Gasteiger partial charge < -0.3 is 9.47 Å². The lowest BCUT2D eigenvalue weighted by Gasteiger charge is -2.42. The van der Waals surface area contributed by atoms with Gasteiger partial charge in [-0.1, -0.05) is 98.7 Å². The van der Waals surface area contributed by atoms with Gasteiger partial charge in [0.2, 0.25) is 0 Å². The predicted molar refractivity (Wildman–Crippen MR) is 168 cm³/mol. The van der Waals surface area contributed by atoms with Gasteiger partial charge in [-0.25, -0.2) is 0 Å². The van der Waals surface area contributed by atoms with Gasteiger partial charge in [0.1, 0.15) is 0 Å². The van der Waals surface area contributed by atoms with E-state index in [9.17, 15) is 0 Å². The Kier molecular flexibility index (Phi) is 5.38. The molecule has 2 heterocycles. The average Bonchev–Trinajstić information content (AvgIpc) is 3.43. The largest absolute Gasteiger partial charge is 0.341 e. The van der Waals surface area contributed by atoms with Crippen molar-refractivity contribution in [2.75, 3.05) is 4.90 Å². The number of anilines is 1. The van der Waals surface area contributed by atoms with E-state index in [0.717, 1.165) is 0 Å². The molecule has 206 valence electrons. The van der Waals surface area contributed by atoms with E-state index in [1.807, 2.05) is 0 Å². The van der Waals surface area contributed by atoms with Crippen LogP contribution in [-0.2, 0) is 10.8 Å². The Morgan fingerprint density at radius 3 is 2.08 bits per heavy atom. The van der Waals surface area contributed by atoms with E-state index >= 15 is 0 Å². The Morgan fingerprint density at radius 2 is 1.38 bits per heavy atom. The molecule has 1 aliphatic heterocycles. The summed E-state index contributed by atoms with van der Waals surface area (Å²) in [5.41, 5.74) is 10.7. The van der Waals surface area contributed by atoms with Gasteiger partial charge in [0.05, 0.1) is 5.52 Å². The van der Waals surface area contributed by atoms with Crippen molar-refractivity contribution in [3.63, 3.8) is 0 Å². The van der Waals surface area contributed by atoms with Gasteiger partial charge in [0.15, 0.2) is 0 Å². The first-order chi connectivity index (χ1) is 18.1. The lowest BCUT2D eigenvalue weighted by atomic mass is 9.67. The molecule has 2 atom stereocenters. The summed E-state index contributed by atoms with van der Waals surface area (Å²) in [7, 11) is 0. The first-order valence-electron chi connectivity index (χ1n) is 15.0. The molecule has 2 aliphatic carbocycles. The summed E-state index contributed by atoms with van der Waals surface area (Å²) in [4.78, 5) is 2.70. The highest BCUT2D eigenvalue weighted by Gasteiger charge is 2.59. The molecule has 2 nitrogen and oxygen atoms in total. The number of benzene rings is 2. The molecule has 0 N–H and O–H groups in total. The predicted octanol–water partition coefficient (Wildman–Crippen LogP) is 10.1. The lowest BCUT2D eigenvalue weighted by molar-refractivity contribution is 0.259. The van der Waals surface area contributed by atoms with Crippen LogP contribution in [0.1, 0.15) is 100 Å². The van der Waals surface area contributed by atoms with Gasteiger partial charge in [-0.05, 0) is 72.9 Å². The van der Waals surface area contributed by atoms with Crippen LogP contribution in [0, 0.1) is 16.2 Å². The third-order valence-electron chi connectivity index (χ3n) is 10.4. The Balaban J connectivity index is 1.60. The molecule has 1 unspecified atom stereocenters. The van der Waals surface area contributed by atoms with E-state index in [4.69, 9.17) is 0 Å². The van der Waals surface area contributed by atoms with Crippen molar-refractivity contribution in [3.05, 3.63) is 83.2 Å². The summed E-state index contributed by atoms with van der Waals surface area (Å²) >= 11 is 0. The van der Waals surface area contributed by atoms with Gasteiger partial charge in [0.25, 0.3) is 0 Å². The molecule has 0 saturated heterocycles. The zero-order valence-electron chi connectivity index (χ0n) is 26.2. The Hall–Kier alpha value is -2.74. The Morgan fingerprint density at radius 1 is 0.744 bits per heavy atom. The first kappa shape index (κ1) is 26.5. The van der Waals surface area contributed by atoms with Crippen molar-refractivity contribution in [2.45, 2.75) is 106 Å². The normalized spacial score (nSPS) is 28.1. The maximum absolute atomic E-state index is 2.70. The van der Waals surface area contributed by atoms with E-state index < -0.39 is 0 Å². The maximum atomic E-state index is 2.70. The number of fused-ring (bicyclic) bond motifs is 3. The molecular formula is C37H48N2. The van der Waals surface area contributed by atoms with Crippen LogP contribution in [-0.4, -0.2) is 10.6 Å². The van der Waals surface area contributed by atoms with Crippen LogP contribution in [0.25, 0.3) is 16.6 Å². The zero-order chi connectivity index (χ0) is 28.3. The second-order valence-corrected chi connectivity index (χ2v) is 15.5. The molecular weight excluding hydrogens is 472 g/mol. The van der Waals surface area contributed by atoms with E-state index in [-0.39, 0.29) is 27.1 Å². The van der Waals surface area contributed by atoms with Crippen LogP contribution in [0.5, 0.6) is 0 Å². The maximum Gasteiger partial charge on any atom is 0.0534 e. The van der Waals surface area contributed by atoms with Gasteiger partial charge in [0, 0.05) is 50.4 Å². The van der Waals surface area contributed by atoms with Gasteiger partial charge >= 0.3 is 0 Å². The number of hydrogen-bond donors (Lipinski definition) is 0. The highest BCUT2D eigenvalue weighted by Crippen LogP contribution is 2.65. The number of para-hydroxylation sites is 1. The van der Waals surface area contributed by atoms with Crippen LogP contribution in [0.2, 0.25) is 0 Å². The lowest BCUT2D eigenvalue weighted by Crippen LogP contribution is -2.42. The Labute approximate surface area is 236 Å². The number of aromatic nitrogens is 1. The number of nitrogens with zero attached hydrogens (tertiary/aromatic N) is 2. The molecule has 0 bridgehead atoms. The summed E-state index contributed by atoms with van der Waals surface area (Å²) in [5.74, 6) is 0. The van der Waals surface area contributed by atoms with E-state index in [0.29, 0.717) is 6.04 Å². The van der Waals surface area contributed by atoms with Crippen molar-refractivity contribution in [1.29, 1.82) is 0 Å². The molecule has 6 rings (SSSR count). The fraction of sp³-hybridized carbons (Fsp3) is 0.514. The second kappa shape index (κ2) is 7.93. The van der Waals surface area contributed by atoms with Gasteiger partial charge in [-0.2, -0.15) is 0 Å². The molecule has 3 aromatic rings. The quantitative estimate of drug-likeness (QED) is 0.312. The standard InChI is InChI=1S/C37H48N2/c1-12-20-37(11)24(2)38(32-30(37)34(5,6)23-36(32,9)10)25-16-15-17-26(21-25)39-28-19-14-13-18-27(28)29-31(39)35(7,8)22-33(29,3)4/h12-21,24H,22-23H2,1-11H3/t24-,37?/m0/s1. The van der Waals surface area contributed by atoms with E-state index in [2.05, 4.69) is 146 Å². The topological polar surface area (TPSA) is 8.17 Å². The van der Waals surface area contributed by atoms with E-state index in [1.54, 1.807) is 11.3 Å². The summed E-state index contributed by atoms with van der Waals surface area (Å²) in [5, 5.41) is 1.41. The monoisotopic (exact) mass is 520 g/mol. The van der Waals surface area contributed by atoms with E-state index in [1.165, 1.54) is 46.4 Å². The SMILES string of the molecule is CC=CC1(C)C2=C(N(c3cccc(-n4c5c(c6ccccc64)C(C)(C)CC5(C)C)c3)[C@H]1C)C(C)(C)CC2(C)C. The smallest absolute Gasteiger partial charge is 0.0534 e. The van der Waals surface area contributed by atoms with Crippen molar-refractivity contribution >= 4 is 16.6 Å². The zero-order valence-corrected chi connectivity index (χ0v) is 26.2. The molecule has 3 aliphatic rings. The third kappa shape index (κ3) is 3.45. The van der Waals surface area contributed by atoms with Crippen LogP contribution >= 0.6 is 0 Å². The van der Waals surface area contributed by atoms with Crippen molar-refractivity contribution in [1.82, 2.24) is 4.57 Å². The van der Waals surface area contributed by atoms with Crippen molar-refractivity contribution < 1.29 is 0 Å². The summed E-state index contributed by atoms with van der Waals surface area (Å²) in [6, 6.07) is 18.8. The summed E-state index contributed by atoms with van der Waals surface area (Å²) in [6.07, 6.45) is 7.08. The fourth-order valence-corrected chi connectivity index (χ4v) is 9.85. The summed E-state index contributed by atoms with van der Waals surface area (Å²) in [6.45, 7) is 26.7. The second-order valence-electron chi connectivity index (χ2n) is 15.5. The molecule has 0 fully saturated rings. The minimum atomic E-state index is 0.00473. The van der Waals surface area contributed by atoms with Gasteiger partial charge in [-0.3, -0.25) is 0 Å². The van der Waals surface area contributed by atoms with Crippen LogP contribution in [0.4, 0.5) is 5.69 Å². The molecule has 0 radical (unpaired) electrons. The molecule has 0 amide bonds. The minimum absolute atomic E-state index is 0.00473. The Bertz CT molecular complexity index is 1550. The molecule has 39 heavy (non-hydrogen) atoms.